The summed E-state index contributed by atoms with van der Waals surface area (Å²) in [4.78, 5) is 11.7. The van der Waals surface area contributed by atoms with Crippen molar-refractivity contribution in [3.05, 3.63) is 91.0 Å². The summed E-state index contributed by atoms with van der Waals surface area (Å²) in [5.41, 5.74) is 0. The second-order valence-corrected chi connectivity index (χ2v) is 9.84. The van der Waals surface area contributed by atoms with Crippen molar-refractivity contribution in [2.75, 3.05) is 13.3 Å². The van der Waals surface area contributed by atoms with Crippen LogP contribution in [-0.4, -0.2) is 19.2 Å². The molecule has 0 amide bonds. The summed E-state index contributed by atoms with van der Waals surface area (Å²) in [5.74, 6) is -0.141. The van der Waals surface area contributed by atoms with E-state index >= 15 is 0 Å². The van der Waals surface area contributed by atoms with Gasteiger partial charge < -0.3 is 21.7 Å². The fourth-order valence-corrected chi connectivity index (χ4v) is 7.79. The molecular weight excluding hydrogens is 419 g/mol. The van der Waals surface area contributed by atoms with E-state index in [-0.39, 0.29) is 23.0 Å². The first-order chi connectivity index (χ1) is 12.8. The zero-order valence-electron chi connectivity index (χ0n) is 15.4. The van der Waals surface area contributed by atoms with Gasteiger partial charge in [0.2, 0.25) is 0 Å². The molecule has 0 unspecified atom stereocenters. The molecule has 0 saturated heterocycles. The molecule has 0 aliphatic carbocycles. The number of halogens is 1. The Bertz CT molecular complexity index is 726. The van der Waals surface area contributed by atoms with Gasteiger partial charge in [0.25, 0.3) is 0 Å². The van der Waals surface area contributed by atoms with Gasteiger partial charge in [-0.3, -0.25) is 4.79 Å². The van der Waals surface area contributed by atoms with Gasteiger partial charge in [0.1, 0.15) is 23.2 Å². The van der Waals surface area contributed by atoms with Crippen LogP contribution in [0, 0.1) is 0 Å². The largest absolute Gasteiger partial charge is 1.00 e. The van der Waals surface area contributed by atoms with Crippen LogP contribution in [0.15, 0.2) is 91.0 Å². The number of carbonyl (C=O) groups excluding carboxylic acids is 1. The lowest BCUT2D eigenvalue weighted by molar-refractivity contribution is -0.140. The maximum Gasteiger partial charge on any atom is 0.305 e. The molecule has 0 N–H and O–H groups in total. The van der Waals surface area contributed by atoms with E-state index in [1.54, 1.807) is 0 Å². The van der Waals surface area contributed by atoms with Crippen LogP contribution in [0.2, 0.25) is 0 Å². The molecule has 3 rings (SSSR count). The third-order valence-corrected chi connectivity index (χ3v) is 9.22. The Morgan fingerprint density at radius 3 is 1.44 bits per heavy atom. The number of methoxy groups -OCH3 is 1. The average molecular weight is 443 g/mol. The molecule has 4 heteroatoms. The third-order valence-electron chi connectivity index (χ3n) is 4.69. The summed E-state index contributed by atoms with van der Waals surface area (Å²) < 4.78 is 4.86. The number of hydrogen-bond acceptors (Lipinski definition) is 2. The average Bonchev–Trinajstić information content (AvgIpc) is 2.73. The Balaban J connectivity index is 0.00000261. The van der Waals surface area contributed by atoms with Gasteiger partial charge in [-0.2, -0.15) is 0 Å². The second kappa shape index (κ2) is 10.4. The molecule has 0 radical (unpaired) electrons. The van der Waals surface area contributed by atoms with Crippen molar-refractivity contribution < 1.29 is 26.5 Å². The number of benzene rings is 3. The minimum atomic E-state index is -1.83. The second-order valence-electron chi connectivity index (χ2n) is 6.22. The predicted octanol–water partition coefficient (Wildman–Crippen LogP) is 0.938. The van der Waals surface area contributed by atoms with Crippen molar-refractivity contribution in [1.82, 2.24) is 0 Å². The highest BCUT2D eigenvalue weighted by Gasteiger charge is 2.44. The number of rotatable bonds is 7. The van der Waals surface area contributed by atoms with Gasteiger partial charge in [0.15, 0.2) is 0 Å². The molecule has 0 atom stereocenters. The molecule has 0 spiro atoms. The molecule has 3 aromatic carbocycles. The summed E-state index contributed by atoms with van der Waals surface area (Å²) in [7, 11) is -0.373. The van der Waals surface area contributed by atoms with Crippen LogP contribution in [0.25, 0.3) is 0 Å². The van der Waals surface area contributed by atoms with Gasteiger partial charge in [-0.15, -0.1) is 0 Å². The Morgan fingerprint density at radius 1 is 0.741 bits per heavy atom. The van der Waals surface area contributed by atoms with E-state index in [1.807, 2.05) is 0 Å². The Hall–Kier alpha value is -1.96. The standard InChI is InChI=1S/C23H24O2P.BrH/c1-25-23(24)18-11-19-26(20-12-5-2-6-13-20,21-14-7-3-8-15-21)22-16-9-4-10-17-22;/h2-10,12-17H,11,18-19H2,1H3;1H/q+1;/p-1. The minimum absolute atomic E-state index is 0. The summed E-state index contributed by atoms with van der Waals surface area (Å²) in [5, 5.41) is 4.05. The summed E-state index contributed by atoms with van der Waals surface area (Å²) in [6, 6.07) is 32.2. The normalized spacial score (nSPS) is 10.7. The highest BCUT2D eigenvalue weighted by molar-refractivity contribution is 7.95. The van der Waals surface area contributed by atoms with Crippen LogP contribution in [-0.2, 0) is 9.53 Å². The van der Waals surface area contributed by atoms with Gasteiger partial charge >= 0.3 is 5.97 Å². The lowest BCUT2D eigenvalue weighted by atomic mass is 10.3. The molecule has 2 nitrogen and oxygen atoms in total. The summed E-state index contributed by atoms with van der Waals surface area (Å²) >= 11 is 0. The number of hydrogen-bond donors (Lipinski definition) is 0. The van der Waals surface area contributed by atoms with Crippen LogP contribution in [0.3, 0.4) is 0 Å². The lowest BCUT2D eigenvalue weighted by Gasteiger charge is -2.27. The maximum absolute atomic E-state index is 11.7. The first-order valence-corrected chi connectivity index (χ1v) is 10.9. The van der Waals surface area contributed by atoms with E-state index in [2.05, 4.69) is 91.0 Å². The Labute approximate surface area is 172 Å². The van der Waals surface area contributed by atoms with Crippen molar-refractivity contribution >= 4 is 29.1 Å². The van der Waals surface area contributed by atoms with Crippen LogP contribution in [0.1, 0.15) is 12.8 Å². The van der Waals surface area contributed by atoms with Crippen LogP contribution >= 0.6 is 7.26 Å². The van der Waals surface area contributed by atoms with Crippen LogP contribution in [0.5, 0.6) is 0 Å². The topological polar surface area (TPSA) is 26.3 Å². The van der Waals surface area contributed by atoms with E-state index in [0.29, 0.717) is 6.42 Å². The fourth-order valence-electron chi connectivity index (χ4n) is 3.44. The Kier molecular flexibility index (Phi) is 8.22. The van der Waals surface area contributed by atoms with Gasteiger partial charge in [-0.1, -0.05) is 54.6 Å². The Morgan fingerprint density at radius 2 is 1.11 bits per heavy atom. The SMILES string of the molecule is COC(=O)CCC[P+](c1ccccc1)(c1ccccc1)c1ccccc1.[Br-]. The molecule has 0 saturated carbocycles. The molecule has 27 heavy (non-hydrogen) atoms. The van der Waals surface area contributed by atoms with Crippen molar-refractivity contribution in [2.45, 2.75) is 12.8 Å². The zero-order chi connectivity index (χ0) is 18.2. The van der Waals surface area contributed by atoms with Crippen LogP contribution in [0.4, 0.5) is 0 Å². The molecule has 0 heterocycles. The van der Waals surface area contributed by atoms with Crippen molar-refractivity contribution in [2.24, 2.45) is 0 Å². The molecule has 0 aromatic heterocycles. The first kappa shape index (κ1) is 21.3. The van der Waals surface area contributed by atoms with Crippen molar-refractivity contribution in [3.8, 4) is 0 Å². The molecule has 0 fully saturated rings. The van der Waals surface area contributed by atoms with E-state index in [9.17, 15) is 4.79 Å². The van der Waals surface area contributed by atoms with E-state index in [4.69, 9.17) is 4.74 Å². The first-order valence-electron chi connectivity index (χ1n) is 8.89. The van der Waals surface area contributed by atoms with Crippen molar-refractivity contribution in [1.29, 1.82) is 0 Å². The van der Waals surface area contributed by atoms with E-state index in [0.717, 1.165) is 12.6 Å². The maximum atomic E-state index is 11.7. The molecule has 3 aromatic rings. The molecule has 0 bridgehead atoms. The highest BCUT2D eigenvalue weighted by atomic mass is 79.9. The van der Waals surface area contributed by atoms with Gasteiger partial charge in [0, 0.05) is 6.42 Å². The van der Waals surface area contributed by atoms with Crippen molar-refractivity contribution in [3.63, 3.8) is 0 Å². The van der Waals surface area contributed by atoms with Gasteiger partial charge in [-0.05, 0) is 42.8 Å². The lowest BCUT2D eigenvalue weighted by Crippen LogP contribution is -3.00. The van der Waals surface area contributed by atoms with E-state index < -0.39 is 7.26 Å². The summed E-state index contributed by atoms with van der Waals surface area (Å²) in [6.07, 6.45) is 2.20. The monoisotopic (exact) mass is 442 g/mol. The molecule has 140 valence electrons. The third kappa shape index (κ3) is 4.86. The van der Waals surface area contributed by atoms with Gasteiger partial charge in [-0.25, -0.2) is 0 Å². The van der Waals surface area contributed by atoms with Gasteiger partial charge in [0.05, 0.1) is 13.3 Å². The number of carbonyl (C=O) groups is 1. The van der Waals surface area contributed by atoms with E-state index in [1.165, 1.54) is 23.0 Å². The molecule has 0 aliphatic rings. The highest BCUT2D eigenvalue weighted by Crippen LogP contribution is 2.55. The smallest absolute Gasteiger partial charge is 0.305 e. The quantitative estimate of drug-likeness (QED) is 0.402. The zero-order valence-corrected chi connectivity index (χ0v) is 17.9. The number of esters is 1. The molecular formula is C23H24BrO2P. The van der Waals surface area contributed by atoms with Crippen LogP contribution < -0.4 is 32.9 Å². The molecule has 0 aliphatic heterocycles. The minimum Gasteiger partial charge on any atom is -1.00 e. The fraction of sp³-hybridized carbons (Fsp3) is 0.174. The number of ether oxygens (including phenoxy) is 1. The summed E-state index contributed by atoms with van der Waals surface area (Å²) in [6.45, 7) is 0. The predicted molar refractivity (Wildman–Crippen MR) is 111 cm³/mol.